The Morgan fingerprint density at radius 2 is 1.88 bits per heavy atom. The lowest BCUT2D eigenvalue weighted by Gasteiger charge is -2.33. The number of ether oxygens (including phenoxy) is 1. The predicted octanol–water partition coefficient (Wildman–Crippen LogP) is 4.51. The highest BCUT2D eigenvalue weighted by Crippen LogP contribution is 2.25. The number of hydrogen-bond acceptors (Lipinski definition) is 8. The molecule has 0 spiro atoms. The van der Waals surface area contributed by atoms with Crippen molar-refractivity contribution in [3.05, 3.63) is 42.2 Å². The second kappa shape index (κ2) is 10.1. The van der Waals surface area contributed by atoms with Crippen molar-refractivity contribution in [1.29, 1.82) is 0 Å². The van der Waals surface area contributed by atoms with Gasteiger partial charge in [0.2, 0.25) is 0 Å². The van der Waals surface area contributed by atoms with Crippen molar-refractivity contribution < 1.29 is 23.1 Å². The minimum Gasteiger partial charge on any atom is -0.427 e. The van der Waals surface area contributed by atoms with E-state index in [1.807, 2.05) is 11.9 Å². The Kier molecular flexibility index (Phi) is 7.44. The molecule has 174 valence electrons. The molecule has 2 aromatic rings. The van der Waals surface area contributed by atoms with Crippen LogP contribution in [0.4, 0.5) is 30.9 Å². The van der Waals surface area contributed by atoms with Crippen LogP contribution in [0.15, 0.2) is 30.6 Å². The van der Waals surface area contributed by atoms with Crippen molar-refractivity contribution in [3.8, 4) is 0 Å². The number of halogens is 2. The molecule has 0 radical (unpaired) electrons. The zero-order chi connectivity index (χ0) is 23.3. The molecule has 0 aliphatic carbocycles. The maximum absolute atomic E-state index is 13.9. The SMILES string of the molecule is CN(CC1CCN(OC(=O)OC(C)(C)C)CC1)c1cc(Nc2c(F)cccc2F)ncn1. The van der Waals surface area contributed by atoms with Crippen LogP contribution in [0, 0.1) is 17.6 Å². The topological polar surface area (TPSA) is 79.8 Å². The first-order chi connectivity index (χ1) is 15.1. The summed E-state index contributed by atoms with van der Waals surface area (Å²) in [5.74, 6) is -0.0928. The van der Waals surface area contributed by atoms with Gasteiger partial charge in [0, 0.05) is 32.7 Å². The third kappa shape index (κ3) is 6.74. The summed E-state index contributed by atoms with van der Waals surface area (Å²) in [6.45, 7) is 7.32. The zero-order valence-electron chi connectivity index (χ0n) is 18.8. The van der Waals surface area contributed by atoms with Gasteiger partial charge in [-0.25, -0.2) is 23.5 Å². The summed E-state index contributed by atoms with van der Waals surface area (Å²) in [6.07, 6.45) is 2.33. The van der Waals surface area contributed by atoms with Crippen LogP contribution in [0.25, 0.3) is 0 Å². The lowest BCUT2D eigenvalue weighted by molar-refractivity contribution is -0.154. The Morgan fingerprint density at radius 1 is 1.22 bits per heavy atom. The molecule has 1 N–H and O–H groups in total. The number of rotatable bonds is 6. The van der Waals surface area contributed by atoms with E-state index in [-0.39, 0.29) is 5.69 Å². The quantitative estimate of drug-likeness (QED) is 0.645. The lowest BCUT2D eigenvalue weighted by Crippen LogP contribution is -2.40. The summed E-state index contributed by atoms with van der Waals surface area (Å²) in [5, 5.41) is 4.31. The smallest absolute Gasteiger partial charge is 0.427 e. The van der Waals surface area contributed by atoms with Crippen LogP contribution in [-0.2, 0) is 9.57 Å². The molecule has 1 aromatic carbocycles. The molecule has 0 bridgehead atoms. The van der Waals surface area contributed by atoms with Crippen LogP contribution in [0.3, 0.4) is 0 Å². The summed E-state index contributed by atoms with van der Waals surface area (Å²) in [5.41, 5.74) is -0.848. The van der Waals surface area contributed by atoms with E-state index in [0.717, 1.165) is 19.4 Å². The number of piperidine rings is 1. The van der Waals surface area contributed by atoms with Gasteiger partial charge in [0.1, 0.15) is 40.9 Å². The van der Waals surface area contributed by atoms with Crippen molar-refractivity contribution >= 4 is 23.5 Å². The first-order valence-corrected chi connectivity index (χ1v) is 10.5. The number of nitrogens with zero attached hydrogens (tertiary/aromatic N) is 4. The molecule has 32 heavy (non-hydrogen) atoms. The Labute approximate surface area is 186 Å². The highest BCUT2D eigenvalue weighted by atomic mass is 19.1. The summed E-state index contributed by atoms with van der Waals surface area (Å²) in [7, 11) is 1.90. The van der Waals surface area contributed by atoms with E-state index in [9.17, 15) is 13.6 Å². The monoisotopic (exact) mass is 449 g/mol. The summed E-state index contributed by atoms with van der Waals surface area (Å²) >= 11 is 0. The Balaban J connectivity index is 1.52. The van der Waals surface area contributed by atoms with E-state index in [4.69, 9.17) is 9.57 Å². The maximum Gasteiger partial charge on any atom is 0.528 e. The number of aromatic nitrogens is 2. The summed E-state index contributed by atoms with van der Waals surface area (Å²) in [6, 6.07) is 5.31. The number of carbonyl (C=O) groups excluding carboxylic acids is 1. The van der Waals surface area contributed by atoms with E-state index in [0.29, 0.717) is 30.6 Å². The highest BCUT2D eigenvalue weighted by Gasteiger charge is 2.26. The molecule has 1 saturated heterocycles. The summed E-state index contributed by atoms with van der Waals surface area (Å²) < 4.78 is 33.0. The summed E-state index contributed by atoms with van der Waals surface area (Å²) in [4.78, 5) is 27.4. The number of anilines is 3. The van der Waals surface area contributed by atoms with E-state index < -0.39 is 23.4 Å². The third-order valence-electron chi connectivity index (χ3n) is 4.96. The third-order valence-corrected chi connectivity index (χ3v) is 4.96. The molecule has 0 amide bonds. The number of para-hydroxylation sites is 1. The van der Waals surface area contributed by atoms with Gasteiger partial charge >= 0.3 is 6.16 Å². The molecule has 0 atom stereocenters. The normalized spacial score (nSPS) is 15.3. The van der Waals surface area contributed by atoms with Crippen molar-refractivity contribution in [1.82, 2.24) is 15.0 Å². The van der Waals surface area contributed by atoms with Gasteiger partial charge in [0.05, 0.1) is 0 Å². The van der Waals surface area contributed by atoms with Crippen LogP contribution in [0.5, 0.6) is 0 Å². The fraction of sp³-hybridized carbons (Fsp3) is 0.500. The van der Waals surface area contributed by atoms with Crippen LogP contribution in [0.2, 0.25) is 0 Å². The van der Waals surface area contributed by atoms with Crippen molar-refractivity contribution in [3.63, 3.8) is 0 Å². The van der Waals surface area contributed by atoms with E-state index in [1.54, 1.807) is 31.9 Å². The van der Waals surface area contributed by atoms with Gasteiger partial charge in [-0.3, -0.25) is 0 Å². The average Bonchev–Trinajstić information content (AvgIpc) is 2.71. The fourth-order valence-corrected chi connectivity index (χ4v) is 3.41. The molecule has 3 rings (SSSR count). The second-order valence-electron chi connectivity index (χ2n) is 8.79. The number of hydroxylamine groups is 2. The fourth-order valence-electron chi connectivity index (χ4n) is 3.41. The van der Waals surface area contributed by atoms with Gasteiger partial charge in [-0.1, -0.05) is 6.07 Å². The molecule has 1 aliphatic heterocycles. The first kappa shape index (κ1) is 23.6. The van der Waals surface area contributed by atoms with E-state index >= 15 is 0 Å². The van der Waals surface area contributed by atoms with E-state index in [2.05, 4.69) is 15.3 Å². The molecule has 0 saturated carbocycles. The first-order valence-electron chi connectivity index (χ1n) is 10.5. The number of benzene rings is 1. The largest absolute Gasteiger partial charge is 0.528 e. The van der Waals surface area contributed by atoms with Crippen LogP contribution >= 0.6 is 0 Å². The average molecular weight is 450 g/mol. The maximum atomic E-state index is 13.9. The number of carbonyl (C=O) groups is 1. The minimum absolute atomic E-state index is 0.253. The van der Waals surface area contributed by atoms with Gasteiger partial charge in [0.15, 0.2) is 0 Å². The molecular formula is C22H29F2N5O3. The lowest BCUT2D eigenvalue weighted by atomic mass is 9.97. The second-order valence-corrected chi connectivity index (χ2v) is 8.79. The van der Waals surface area contributed by atoms with Crippen LogP contribution < -0.4 is 10.2 Å². The van der Waals surface area contributed by atoms with E-state index in [1.165, 1.54) is 24.5 Å². The van der Waals surface area contributed by atoms with Crippen LogP contribution in [0.1, 0.15) is 33.6 Å². The van der Waals surface area contributed by atoms with Crippen molar-refractivity contribution in [2.45, 2.75) is 39.2 Å². The zero-order valence-corrected chi connectivity index (χ0v) is 18.8. The number of hydrogen-bond donors (Lipinski definition) is 1. The molecule has 8 nitrogen and oxygen atoms in total. The highest BCUT2D eigenvalue weighted by molar-refractivity contribution is 5.60. The molecule has 1 aromatic heterocycles. The molecule has 2 heterocycles. The van der Waals surface area contributed by atoms with Crippen molar-refractivity contribution in [2.24, 2.45) is 5.92 Å². The van der Waals surface area contributed by atoms with Gasteiger partial charge < -0.3 is 19.8 Å². The standard InChI is InChI=1S/C22H29F2N5O3/c1-22(2,3)31-21(30)32-29-10-8-15(9-11-29)13-28(4)19-12-18(25-14-26-19)27-20-16(23)6-5-7-17(20)24/h5-7,12,14-15H,8-11,13H2,1-4H3,(H,25,26,27). The molecule has 0 unspecified atom stereocenters. The molecular weight excluding hydrogens is 420 g/mol. The minimum atomic E-state index is -0.695. The van der Waals surface area contributed by atoms with Gasteiger partial charge in [-0.05, 0) is 51.7 Å². The van der Waals surface area contributed by atoms with Crippen molar-refractivity contribution in [2.75, 3.05) is 36.9 Å². The van der Waals surface area contributed by atoms with Crippen LogP contribution in [-0.4, -0.2) is 53.5 Å². The van der Waals surface area contributed by atoms with Gasteiger partial charge in [-0.15, -0.1) is 5.06 Å². The Hall–Kier alpha value is -3.01. The Morgan fingerprint density at radius 3 is 2.50 bits per heavy atom. The molecule has 1 fully saturated rings. The van der Waals surface area contributed by atoms with Gasteiger partial charge in [0.25, 0.3) is 0 Å². The number of nitrogens with one attached hydrogen (secondary N) is 1. The van der Waals surface area contributed by atoms with Gasteiger partial charge in [-0.2, -0.15) is 0 Å². The predicted molar refractivity (Wildman–Crippen MR) is 117 cm³/mol. The molecule has 1 aliphatic rings. The molecule has 10 heteroatoms. The Bertz CT molecular complexity index is 910.